The Morgan fingerprint density at radius 3 is 2.34 bits per heavy atom. The highest BCUT2D eigenvalue weighted by Crippen LogP contribution is 2.33. The van der Waals surface area contributed by atoms with Gasteiger partial charge in [-0.2, -0.15) is 0 Å². The molecule has 1 atom stereocenters. The number of Topliss-reactive ketones (excluding diaryl/α,β-unsaturated/α-hetero) is 1. The van der Waals surface area contributed by atoms with Gasteiger partial charge in [0.15, 0.2) is 5.78 Å². The molecule has 3 amide bonds. The molecule has 1 unspecified atom stereocenters. The van der Waals surface area contributed by atoms with Gasteiger partial charge in [0.05, 0.1) is 6.54 Å². The van der Waals surface area contributed by atoms with Crippen molar-refractivity contribution in [1.29, 1.82) is 0 Å². The van der Waals surface area contributed by atoms with Gasteiger partial charge < -0.3 is 5.32 Å². The molecule has 1 saturated heterocycles. The molecule has 150 valence electrons. The van der Waals surface area contributed by atoms with Crippen LogP contribution >= 0.6 is 0 Å². The first-order valence-corrected chi connectivity index (χ1v) is 10.0. The van der Waals surface area contributed by atoms with Gasteiger partial charge in [-0.3, -0.25) is 14.5 Å². The van der Waals surface area contributed by atoms with Crippen LogP contribution in [0.25, 0.3) is 0 Å². The van der Waals surface area contributed by atoms with E-state index in [1.807, 2.05) is 30.3 Å². The number of benzene rings is 2. The maximum atomic E-state index is 13.1. The number of amides is 3. The largest absolute Gasteiger partial charge is 0.325 e. The van der Waals surface area contributed by atoms with Gasteiger partial charge in [0.1, 0.15) is 5.54 Å². The van der Waals surface area contributed by atoms with Crippen LogP contribution in [-0.2, 0) is 23.1 Å². The number of nitrogens with one attached hydrogen (secondary N) is 1. The highest BCUT2D eigenvalue weighted by molar-refractivity contribution is 6.11. The molecule has 1 heterocycles. The van der Waals surface area contributed by atoms with Gasteiger partial charge in [0.25, 0.3) is 5.91 Å². The highest BCUT2D eigenvalue weighted by atomic mass is 16.2. The molecule has 2 aliphatic rings. The lowest BCUT2D eigenvalue weighted by atomic mass is 9.78. The number of ketones is 1. The fourth-order valence-electron chi connectivity index (χ4n) is 4.24. The summed E-state index contributed by atoms with van der Waals surface area (Å²) in [5.74, 6) is -0.529. The molecule has 1 aliphatic carbocycles. The van der Waals surface area contributed by atoms with Gasteiger partial charge in [0, 0.05) is 12.0 Å². The van der Waals surface area contributed by atoms with Gasteiger partial charge >= 0.3 is 6.03 Å². The molecule has 5 nitrogen and oxygen atoms in total. The van der Waals surface area contributed by atoms with Crippen LogP contribution in [0.4, 0.5) is 4.79 Å². The third-order valence-corrected chi connectivity index (χ3v) is 6.05. The molecule has 2 aromatic carbocycles. The summed E-state index contributed by atoms with van der Waals surface area (Å²) in [6.07, 6.45) is 1.76. The summed E-state index contributed by atoms with van der Waals surface area (Å²) in [6, 6.07) is 14.9. The lowest BCUT2D eigenvalue weighted by Gasteiger charge is -2.32. The Kier molecular flexibility index (Phi) is 4.56. The minimum Gasteiger partial charge on any atom is -0.323 e. The molecule has 1 aliphatic heterocycles. The third-order valence-electron chi connectivity index (χ3n) is 6.05. The Bertz CT molecular complexity index is 988. The van der Waals surface area contributed by atoms with Gasteiger partial charge in [-0.15, -0.1) is 0 Å². The van der Waals surface area contributed by atoms with Crippen molar-refractivity contribution in [3.05, 3.63) is 70.8 Å². The predicted octanol–water partition coefficient (Wildman–Crippen LogP) is 3.65. The normalized spacial score (nSPS) is 21.3. The predicted molar refractivity (Wildman–Crippen MR) is 111 cm³/mol. The summed E-state index contributed by atoms with van der Waals surface area (Å²) in [5.41, 5.74) is 3.00. The van der Waals surface area contributed by atoms with E-state index in [0.717, 1.165) is 22.4 Å². The molecular formula is C24H26N2O3. The van der Waals surface area contributed by atoms with Gasteiger partial charge in [-0.25, -0.2) is 4.79 Å². The van der Waals surface area contributed by atoms with Crippen LogP contribution in [0.5, 0.6) is 0 Å². The molecule has 1 N–H and O–H groups in total. The quantitative estimate of drug-likeness (QED) is 0.643. The molecule has 1 spiro atoms. The molecule has 2 aromatic rings. The van der Waals surface area contributed by atoms with Crippen LogP contribution in [0.2, 0.25) is 0 Å². The van der Waals surface area contributed by atoms with Crippen molar-refractivity contribution in [2.45, 2.75) is 51.0 Å². The number of urea groups is 1. The fourth-order valence-corrected chi connectivity index (χ4v) is 4.24. The molecule has 29 heavy (non-hydrogen) atoms. The van der Waals surface area contributed by atoms with Crippen LogP contribution in [0.1, 0.15) is 54.2 Å². The summed E-state index contributed by atoms with van der Waals surface area (Å²) in [6.45, 7) is 6.10. The summed E-state index contributed by atoms with van der Waals surface area (Å²) in [5, 5.41) is 2.88. The number of carbonyl (C=O) groups excluding carboxylic acids is 3. The second kappa shape index (κ2) is 6.83. The smallest absolute Gasteiger partial charge is 0.323 e. The first kappa shape index (κ1) is 19.4. The molecule has 1 fully saturated rings. The maximum absolute atomic E-state index is 13.1. The molecule has 0 radical (unpaired) electrons. The Hall–Kier alpha value is -2.95. The zero-order chi connectivity index (χ0) is 20.8. The monoisotopic (exact) mass is 390 g/mol. The van der Waals surface area contributed by atoms with Crippen molar-refractivity contribution in [2.75, 3.05) is 6.54 Å². The number of carbonyl (C=O) groups is 3. The van der Waals surface area contributed by atoms with E-state index in [1.54, 1.807) is 12.1 Å². The SMILES string of the molecule is CC(C)(C)c1ccc(C(=O)CN2C(=O)NC3(CCc4ccccc4C3)C2=O)cc1. The minimum atomic E-state index is -0.929. The van der Waals surface area contributed by atoms with E-state index in [0.29, 0.717) is 18.4 Å². The first-order valence-electron chi connectivity index (χ1n) is 10.0. The summed E-state index contributed by atoms with van der Waals surface area (Å²) in [4.78, 5) is 39.5. The summed E-state index contributed by atoms with van der Waals surface area (Å²) >= 11 is 0. The number of hydrogen-bond donors (Lipinski definition) is 1. The topological polar surface area (TPSA) is 66.5 Å². The molecule has 0 bridgehead atoms. The van der Waals surface area contributed by atoms with Crippen LogP contribution in [0, 0.1) is 0 Å². The van der Waals surface area contributed by atoms with E-state index < -0.39 is 11.6 Å². The van der Waals surface area contributed by atoms with Gasteiger partial charge in [0.2, 0.25) is 0 Å². The van der Waals surface area contributed by atoms with Crippen LogP contribution in [0.3, 0.4) is 0 Å². The second-order valence-corrected chi connectivity index (χ2v) is 9.10. The van der Waals surface area contributed by atoms with Crippen LogP contribution in [-0.4, -0.2) is 34.7 Å². The van der Waals surface area contributed by atoms with Crippen molar-refractivity contribution < 1.29 is 14.4 Å². The number of rotatable bonds is 3. The van der Waals surface area contributed by atoms with Gasteiger partial charge in [-0.05, 0) is 34.9 Å². The number of nitrogens with zero attached hydrogens (tertiary/aromatic N) is 1. The van der Waals surface area contributed by atoms with E-state index in [4.69, 9.17) is 0 Å². The summed E-state index contributed by atoms with van der Waals surface area (Å²) < 4.78 is 0. The Morgan fingerprint density at radius 2 is 1.69 bits per heavy atom. The van der Waals surface area contributed by atoms with E-state index >= 15 is 0 Å². The third kappa shape index (κ3) is 3.46. The first-order chi connectivity index (χ1) is 13.7. The average molecular weight is 390 g/mol. The molecule has 0 aromatic heterocycles. The average Bonchev–Trinajstić information content (AvgIpc) is 2.91. The zero-order valence-corrected chi connectivity index (χ0v) is 17.1. The molecule has 4 rings (SSSR count). The number of hydrogen-bond acceptors (Lipinski definition) is 3. The van der Waals surface area contributed by atoms with Crippen molar-refractivity contribution in [3.63, 3.8) is 0 Å². The maximum Gasteiger partial charge on any atom is 0.325 e. The lowest BCUT2D eigenvalue weighted by Crippen LogP contribution is -2.51. The van der Waals surface area contributed by atoms with Crippen LogP contribution < -0.4 is 5.32 Å². The summed E-state index contributed by atoms with van der Waals surface area (Å²) in [7, 11) is 0. The Balaban J connectivity index is 1.51. The Morgan fingerprint density at radius 1 is 1.03 bits per heavy atom. The van der Waals surface area contributed by atoms with E-state index in [9.17, 15) is 14.4 Å². The Labute approximate surface area is 171 Å². The van der Waals surface area contributed by atoms with Gasteiger partial charge in [-0.1, -0.05) is 69.3 Å². The number of fused-ring (bicyclic) bond motifs is 1. The fraction of sp³-hybridized carbons (Fsp3) is 0.375. The van der Waals surface area contributed by atoms with Crippen molar-refractivity contribution in [3.8, 4) is 0 Å². The van der Waals surface area contributed by atoms with Crippen LogP contribution in [0.15, 0.2) is 48.5 Å². The number of aryl methyl sites for hydroxylation is 1. The van der Waals surface area contributed by atoms with Crippen molar-refractivity contribution in [1.82, 2.24) is 10.2 Å². The van der Waals surface area contributed by atoms with Crippen molar-refractivity contribution in [2.24, 2.45) is 0 Å². The van der Waals surface area contributed by atoms with Crippen molar-refractivity contribution >= 4 is 17.7 Å². The van der Waals surface area contributed by atoms with E-state index in [1.165, 1.54) is 5.56 Å². The minimum absolute atomic E-state index is 0.00393. The molecular weight excluding hydrogens is 364 g/mol. The lowest BCUT2D eigenvalue weighted by molar-refractivity contribution is -0.131. The molecule has 0 saturated carbocycles. The number of imide groups is 1. The van der Waals surface area contributed by atoms with E-state index in [2.05, 4.69) is 32.2 Å². The second-order valence-electron chi connectivity index (χ2n) is 9.10. The molecule has 5 heteroatoms. The zero-order valence-electron chi connectivity index (χ0n) is 17.1. The highest BCUT2D eigenvalue weighted by Gasteiger charge is 2.52. The van der Waals surface area contributed by atoms with E-state index in [-0.39, 0.29) is 23.7 Å². The standard InChI is InChI=1S/C24H26N2O3/c1-23(2,3)19-10-8-17(9-11-19)20(27)15-26-21(28)24(25-22(26)29)13-12-16-6-4-5-7-18(16)14-24/h4-11H,12-15H2,1-3H3,(H,25,29).